The lowest BCUT2D eigenvalue weighted by atomic mass is 9.96. The van der Waals surface area contributed by atoms with E-state index in [1.54, 1.807) is 24.3 Å². The van der Waals surface area contributed by atoms with Crippen LogP contribution in [0.1, 0.15) is 65.8 Å². The number of hydrogen-bond donors (Lipinski definition) is 0. The van der Waals surface area contributed by atoms with Gasteiger partial charge in [0.15, 0.2) is 5.78 Å². The topological polar surface area (TPSA) is 43.4 Å². The molecule has 0 aromatic heterocycles. The Morgan fingerprint density at radius 1 is 0.710 bits per heavy atom. The first kappa shape index (κ1) is 22.5. The van der Waals surface area contributed by atoms with Crippen LogP contribution < -0.4 is 0 Å². The fraction of sp³-hybridized carbons (Fsp3) is 0.286. The van der Waals surface area contributed by atoms with E-state index in [1.165, 1.54) is 6.42 Å². The predicted octanol–water partition coefficient (Wildman–Crippen LogP) is 6.96. The van der Waals surface area contributed by atoms with Gasteiger partial charge in [-0.25, -0.2) is 4.79 Å². The predicted molar refractivity (Wildman–Crippen MR) is 125 cm³/mol. The summed E-state index contributed by atoms with van der Waals surface area (Å²) >= 11 is 0. The zero-order chi connectivity index (χ0) is 22.1. The Morgan fingerprint density at radius 2 is 1.32 bits per heavy atom. The standard InChI is InChI=1S/C28H30O3/c1-21(2)11-5-4-10-20-31-28(30)26-15-9-8-14-25(26)27(29)24-18-16-23(17-19-24)22-12-6-3-7-13-22/h3,6-9,12-19,21H,4-5,10-11,20H2,1-2H3. The van der Waals surface area contributed by atoms with Crippen molar-refractivity contribution in [2.75, 3.05) is 6.61 Å². The first-order chi connectivity index (χ1) is 15.1. The summed E-state index contributed by atoms with van der Waals surface area (Å²) in [6.07, 6.45) is 4.22. The highest BCUT2D eigenvalue weighted by Crippen LogP contribution is 2.22. The van der Waals surface area contributed by atoms with E-state index >= 15 is 0 Å². The quantitative estimate of drug-likeness (QED) is 0.205. The average molecular weight is 415 g/mol. The van der Waals surface area contributed by atoms with E-state index in [0.717, 1.165) is 30.4 Å². The van der Waals surface area contributed by atoms with Crippen LogP contribution in [0, 0.1) is 5.92 Å². The van der Waals surface area contributed by atoms with Gasteiger partial charge in [0, 0.05) is 11.1 Å². The van der Waals surface area contributed by atoms with Crippen molar-refractivity contribution in [3.05, 3.63) is 95.6 Å². The number of esters is 1. The van der Waals surface area contributed by atoms with E-state index in [9.17, 15) is 9.59 Å². The molecule has 0 bridgehead atoms. The molecule has 0 amide bonds. The molecule has 0 aliphatic heterocycles. The van der Waals surface area contributed by atoms with E-state index in [1.807, 2.05) is 54.6 Å². The molecule has 0 atom stereocenters. The molecule has 0 radical (unpaired) electrons. The number of ketones is 1. The zero-order valence-electron chi connectivity index (χ0n) is 18.3. The summed E-state index contributed by atoms with van der Waals surface area (Å²) in [6.45, 7) is 4.80. The summed E-state index contributed by atoms with van der Waals surface area (Å²) in [5.74, 6) is 0.0833. The van der Waals surface area contributed by atoms with E-state index < -0.39 is 5.97 Å². The highest BCUT2D eigenvalue weighted by Gasteiger charge is 2.19. The van der Waals surface area contributed by atoms with Crippen molar-refractivity contribution in [3.8, 4) is 11.1 Å². The lowest BCUT2D eigenvalue weighted by Gasteiger charge is -2.10. The molecule has 3 aromatic carbocycles. The summed E-state index contributed by atoms with van der Waals surface area (Å²) in [7, 11) is 0. The fourth-order valence-electron chi connectivity index (χ4n) is 3.53. The molecule has 3 nitrogen and oxygen atoms in total. The van der Waals surface area contributed by atoms with Gasteiger partial charge in [-0.05, 0) is 29.5 Å². The van der Waals surface area contributed by atoms with Crippen LogP contribution in [-0.4, -0.2) is 18.4 Å². The molecule has 0 spiro atoms. The van der Waals surface area contributed by atoms with Crippen LogP contribution in [0.25, 0.3) is 11.1 Å². The van der Waals surface area contributed by atoms with Crippen LogP contribution in [-0.2, 0) is 4.74 Å². The van der Waals surface area contributed by atoms with Gasteiger partial charge >= 0.3 is 5.97 Å². The monoisotopic (exact) mass is 414 g/mol. The van der Waals surface area contributed by atoms with Crippen molar-refractivity contribution in [3.63, 3.8) is 0 Å². The molecule has 0 N–H and O–H groups in total. The van der Waals surface area contributed by atoms with E-state index in [0.29, 0.717) is 29.2 Å². The number of benzene rings is 3. The summed E-state index contributed by atoms with van der Waals surface area (Å²) < 4.78 is 5.45. The molecule has 160 valence electrons. The smallest absolute Gasteiger partial charge is 0.338 e. The Morgan fingerprint density at radius 3 is 2.00 bits per heavy atom. The minimum Gasteiger partial charge on any atom is -0.462 e. The van der Waals surface area contributed by atoms with Crippen LogP contribution in [0.3, 0.4) is 0 Å². The van der Waals surface area contributed by atoms with Gasteiger partial charge in [-0.15, -0.1) is 0 Å². The number of carbonyl (C=O) groups excluding carboxylic acids is 2. The molecule has 0 fully saturated rings. The third kappa shape index (κ3) is 6.39. The third-order valence-corrected chi connectivity index (χ3v) is 5.30. The molecule has 31 heavy (non-hydrogen) atoms. The zero-order valence-corrected chi connectivity index (χ0v) is 18.3. The summed E-state index contributed by atoms with van der Waals surface area (Å²) in [6, 6.07) is 24.4. The number of hydrogen-bond acceptors (Lipinski definition) is 3. The van der Waals surface area contributed by atoms with Gasteiger partial charge in [0.2, 0.25) is 0 Å². The van der Waals surface area contributed by atoms with E-state index in [2.05, 4.69) is 13.8 Å². The number of rotatable bonds is 10. The highest BCUT2D eigenvalue weighted by atomic mass is 16.5. The molecule has 0 aliphatic carbocycles. The van der Waals surface area contributed by atoms with Gasteiger partial charge in [0.05, 0.1) is 12.2 Å². The maximum Gasteiger partial charge on any atom is 0.338 e. The van der Waals surface area contributed by atoms with Gasteiger partial charge < -0.3 is 4.74 Å². The van der Waals surface area contributed by atoms with Crippen LogP contribution in [0.15, 0.2) is 78.9 Å². The molecule has 0 saturated carbocycles. The average Bonchev–Trinajstić information content (AvgIpc) is 2.81. The van der Waals surface area contributed by atoms with E-state index in [4.69, 9.17) is 4.74 Å². The molecule has 0 saturated heterocycles. The number of unbranched alkanes of at least 4 members (excludes halogenated alkanes) is 2. The maximum absolute atomic E-state index is 13.1. The van der Waals surface area contributed by atoms with Gasteiger partial charge in [0.25, 0.3) is 0 Å². The molecular weight excluding hydrogens is 384 g/mol. The normalized spacial score (nSPS) is 10.8. The molecule has 3 aromatic rings. The van der Waals surface area contributed by atoms with Crippen LogP contribution in [0.5, 0.6) is 0 Å². The van der Waals surface area contributed by atoms with Gasteiger partial charge in [-0.1, -0.05) is 106 Å². The van der Waals surface area contributed by atoms with Crippen molar-refractivity contribution in [2.24, 2.45) is 5.92 Å². The van der Waals surface area contributed by atoms with Crippen LogP contribution in [0.4, 0.5) is 0 Å². The summed E-state index contributed by atoms with van der Waals surface area (Å²) in [4.78, 5) is 25.7. The Bertz CT molecular complexity index is 988. The van der Waals surface area contributed by atoms with E-state index in [-0.39, 0.29) is 5.78 Å². The third-order valence-electron chi connectivity index (χ3n) is 5.30. The fourth-order valence-corrected chi connectivity index (χ4v) is 3.53. The number of carbonyl (C=O) groups is 2. The Hall–Kier alpha value is -3.20. The largest absolute Gasteiger partial charge is 0.462 e. The molecule has 0 heterocycles. The second-order valence-electron chi connectivity index (χ2n) is 8.20. The molecule has 0 unspecified atom stereocenters. The van der Waals surface area contributed by atoms with Crippen molar-refractivity contribution in [1.82, 2.24) is 0 Å². The van der Waals surface area contributed by atoms with Crippen LogP contribution in [0.2, 0.25) is 0 Å². The van der Waals surface area contributed by atoms with Crippen molar-refractivity contribution in [1.29, 1.82) is 0 Å². The minimum atomic E-state index is -0.436. The SMILES string of the molecule is CC(C)CCCCCOC(=O)c1ccccc1C(=O)c1ccc(-c2ccccc2)cc1. The molecule has 3 heteroatoms. The van der Waals surface area contributed by atoms with Crippen molar-refractivity contribution < 1.29 is 14.3 Å². The number of ether oxygens (including phenoxy) is 1. The van der Waals surface area contributed by atoms with Crippen molar-refractivity contribution in [2.45, 2.75) is 39.5 Å². The summed E-state index contributed by atoms with van der Waals surface area (Å²) in [5, 5.41) is 0. The van der Waals surface area contributed by atoms with Gasteiger partial charge in [-0.3, -0.25) is 4.79 Å². The second kappa shape index (κ2) is 11.3. The molecular formula is C28H30O3. The molecule has 0 aliphatic rings. The van der Waals surface area contributed by atoms with Gasteiger partial charge in [0.1, 0.15) is 0 Å². The highest BCUT2D eigenvalue weighted by molar-refractivity contribution is 6.14. The maximum atomic E-state index is 13.1. The van der Waals surface area contributed by atoms with Crippen LogP contribution >= 0.6 is 0 Å². The first-order valence-electron chi connectivity index (χ1n) is 11.0. The second-order valence-corrected chi connectivity index (χ2v) is 8.20. The lowest BCUT2D eigenvalue weighted by molar-refractivity contribution is 0.0494. The van der Waals surface area contributed by atoms with Gasteiger partial charge in [-0.2, -0.15) is 0 Å². The Kier molecular flexibility index (Phi) is 8.17. The summed E-state index contributed by atoms with van der Waals surface area (Å²) in [5.41, 5.74) is 3.39. The first-order valence-corrected chi connectivity index (χ1v) is 11.0. The minimum absolute atomic E-state index is 0.177. The molecule has 3 rings (SSSR count). The Balaban J connectivity index is 1.65. The lowest BCUT2D eigenvalue weighted by Crippen LogP contribution is -2.13. The van der Waals surface area contributed by atoms with Crippen molar-refractivity contribution >= 4 is 11.8 Å². The Labute approximate surface area is 185 Å².